The Morgan fingerprint density at radius 2 is 1.43 bits per heavy atom. The molecule has 0 radical (unpaired) electrons. The number of nitrogens with one attached hydrogen (secondary N) is 3. The van der Waals surface area contributed by atoms with Gasteiger partial charge in [-0.05, 0) is 80.8 Å². The second-order valence-electron chi connectivity index (χ2n) is 10.0. The molecule has 4 aromatic carbocycles. The lowest BCUT2D eigenvalue weighted by atomic mass is 10.0. The molecule has 37 heavy (non-hydrogen) atoms. The first-order valence-electron chi connectivity index (χ1n) is 12.5. The normalized spacial score (nSPS) is 12.2. The molecule has 0 aliphatic rings. The van der Waals surface area contributed by atoms with Gasteiger partial charge < -0.3 is 10.6 Å². The Bertz CT molecular complexity index is 1350. The van der Waals surface area contributed by atoms with Gasteiger partial charge in [-0.2, -0.15) is 0 Å². The summed E-state index contributed by atoms with van der Waals surface area (Å²) in [5.74, 6) is -0.503. The van der Waals surface area contributed by atoms with Crippen molar-refractivity contribution in [1.29, 1.82) is 0 Å². The van der Waals surface area contributed by atoms with Gasteiger partial charge in [-0.25, -0.2) is 0 Å². The lowest BCUT2D eigenvalue weighted by Gasteiger charge is -2.21. The number of hydrogen-bond acceptors (Lipinski definition) is 4. The summed E-state index contributed by atoms with van der Waals surface area (Å²) in [5, 5.41) is 8.05. The summed E-state index contributed by atoms with van der Waals surface area (Å²) in [6, 6.07) is 30.3. The SMILES string of the molecule is CC(C)(C)NSc1cccc2c(NC(=O)[C@H](CCc3ccccc3)NC(=O)c3ccccc3)cccc12. The first kappa shape index (κ1) is 26.5. The van der Waals surface area contributed by atoms with E-state index >= 15 is 0 Å². The summed E-state index contributed by atoms with van der Waals surface area (Å²) in [4.78, 5) is 27.6. The van der Waals surface area contributed by atoms with E-state index in [0.29, 0.717) is 18.4 Å². The van der Waals surface area contributed by atoms with E-state index in [1.165, 1.54) is 0 Å². The average Bonchev–Trinajstić information content (AvgIpc) is 2.90. The van der Waals surface area contributed by atoms with Crippen LogP contribution in [-0.4, -0.2) is 23.4 Å². The maximum Gasteiger partial charge on any atom is 0.251 e. The molecule has 0 unspecified atom stereocenters. The Balaban J connectivity index is 1.56. The van der Waals surface area contributed by atoms with Gasteiger partial charge in [0.15, 0.2) is 0 Å². The number of fused-ring (bicyclic) bond motifs is 1. The predicted octanol–water partition coefficient (Wildman–Crippen LogP) is 6.60. The van der Waals surface area contributed by atoms with Crippen LogP contribution >= 0.6 is 11.9 Å². The monoisotopic (exact) mass is 511 g/mol. The maximum absolute atomic E-state index is 13.5. The van der Waals surface area contributed by atoms with E-state index in [4.69, 9.17) is 0 Å². The Morgan fingerprint density at radius 3 is 2.14 bits per heavy atom. The highest BCUT2D eigenvalue weighted by molar-refractivity contribution is 7.97. The third-order valence-corrected chi connectivity index (χ3v) is 7.12. The zero-order chi connectivity index (χ0) is 26.3. The summed E-state index contributed by atoms with van der Waals surface area (Å²) >= 11 is 1.58. The number of hydrogen-bond donors (Lipinski definition) is 3. The highest BCUT2D eigenvalue weighted by atomic mass is 32.2. The zero-order valence-electron chi connectivity index (χ0n) is 21.5. The minimum atomic E-state index is -0.691. The van der Waals surface area contributed by atoms with E-state index in [9.17, 15) is 9.59 Å². The number of amides is 2. The van der Waals surface area contributed by atoms with E-state index in [-0.39, 0.29) is 17.4 Å². The summed E-state index contributed by atoms with van der Waals surface area (Å²) < 4.78 is 3.46. The van der Waals surface area contributed by atoms with Crippen LogP contribution in [0.5, 0.6) is 0 Å². The average molecular weight is 512 g/mol. The molecule has 0 saturated heterocycles. The molecule has 0 fully saturated rings. The fourth-order valence-corrected chi connectivity index (χ4v) is 4.81. The van der Waals surface area contributed by atoms with Crippen molar-refractivity contribution in [2.45, 2.75) is 50.1 Å². The smallest absolute Gasteiger partial charge is 0.251 e. The van der Waals surface area contributed by atoms with E-state index in [2.05, 4.69) is 48.3 Å². The Labute approximate surface area is 223 Å². The second-order valence-corrected chi connectivity index (χ2v) is 10.9. The first-order chi connectivity index (χ1) is 17.8. The fourth-order valence-electron chi connectivity index (χ4n) is 3.96. The van der Waals surface area contributed by atoms with Crippen molar-refractivity contribution in [3.63, 3.8) is 0 Å². The van der Waals surface area contributed by atoms with Gasteiger partial charge in [-0.15, -0.1) is 0 Å². The van der Waals surface area contributed by atoms with Gasteiger partial charge in [-0.3, -0.25) is 14.3 Å². The molecule has 1 atom stereocenters. The third kappa shape index (κ3) is 7.44. The van der Waals surface area contributed by atoms with Gasteiger partial charge in [0.05, 0.1) is 0 Å². The van der Waals surface area contributed by atoms with Crippen molar-refractivity contribution in [1.82, 2.24) is 10.0 Å². The van der Waals surface area contributed by atoms with Crippen LogP contribution in [0.15, 0.2) is 102 Å². The van der Waals surface area contributed by atoms with Crippen molar-refractivity contribution in [2.75, 3.05) is 5.32 Å². The summed E-state index contributed by atoms with van der Waals surface area (Å²) in [7, 11) is 0. The van der Waals surface area contributed by atoms with Gasteiger partial charge in [0, 0.05) is 27.1 Å². The Hall–Kier alpha value is -3.61. The maximum atomic E-state index is 13.5. The number of benzene rings is 4. The van der Waals surface area contributed by atoms with Crippen LogP contribution < -0.4 is 15.4 Å². The number of carbonyl (C=O) groups is 2. The molecule has 0 aromatic heterocycles. The molecule has 2 amide bonds. The highest BCUT2D eigenvalue weighted by Gasteiger charge is 2.22. The molecule has 5 nitrogen and oxygen atoms in total. The third-order valence-electron chi connectivity index (χ3n) is 5.83. The minimum Gasteiger partial charge on any atom is -0.340 e. The van der Waals surface area contributed by atoms with Gasteiger partial charge in [0.1, 0.15) is 6.04 Å². The molecule has 0 bridgehead atoms. The molecule has 0 spiro atoms. The first-order valence-corrected chi connectivity index (χ1v) is 13.3. The van der Waals surface area contributed by atoms with Crippen LogP contribution in [0.25, 0.3) is 10.8 Å². The van der Waals surface area contributed by atoms with Crippen molar-refractivity contribution in [3.05, 3.63) is 108 Å². The molecule has 4 rings (SSSR count). The molecular formula is C31H33N3O2S. The predicted molar refractivity (Wildman–Crippen MR) is 154 cm³/mol. The van der Waals surface area contributed by atoms with Crippen molar-refractivity contribution in [2.24, 2.45) is 0 Å². The van der Waals surface area contributed by atoms with Gasteiger partial charge in [0.2, 0.25) is 5.91 Å². The Kier molecular flexibility index (Phi) is 8.64. The number of anilines is 1. The van der Waals surface area contributed by atoms with E-state index < -0.39 is 6.04 Å². The molecule has 190 valence electrons. The number of carbonyl (C=O) groups excluding carboxylic acids is 2. The lowest BCUT2D eigenvalue weighted by molar-refractivity contribution is -0.118. The zero-order valence-corrected chi connectivity index (χ0v) is 22.3. The molecule has 0 saturated carbocycles. The van der Waals surface area contributed by atoms with Crippen molar-refractivity contribution >= 4 is 40.2 Å². The highest BCUT2D eigenvalue weighted by Crippen LogP contribution is 2.32. The Morgan fingerprint density at radius 1 is 0.784 bits per heavy atom. The molecule has 4 aromatic rings. The van der Waals surface area contributed by atoms with Gasteiger partial charge in [-0.1, -0.05) is 72.8 Å². The van der Waals surface area contributed by atoms with Crippen LogP contribution in [0.3, 0.4) is 0 Å². The quantitative estimate of drug-likeness (QED) is 0.221. The van der Waals surface area contributed by atoms with Gasteiger partial charge >= 0.3 is 0 Å². The largest absolute Gasteiger partial charge is 0.340 e. The van der Waals surface area contributed by atoms with E-state index in [0.717, 1.165) is 26.9 Å². The topological polar surface area (TPSA) is 70.2 Å². The van der Waals surface area contributed by atoms with E-state index in [1.54, 1.807) is 24.1 Å². The van der Waals surface area contributed by atoms with Gasteiger partial charge in [0.25, 0.3) is 5.91 Å². The van der Waals surface area contributed by atoms with Crippen LogP contribution in [0, 0.1) is 0 Å². The summed E-state index contributed by atoms with van der Waals surface area (Å²) in [6.07, 6.45) is 1.15. The van der Waals surface area contributed by atoms with Crippen LogP contribution in [-0.2, 0) is 11.2 Å². The summed E-state index contributed by atoms with van der Waals surface area (Å²) in [5.41, 5.74) is 2.33. The molecule has 6 heteroatoms. The van der Waals surface area contributed by atoms with Crippen LogP contribution in [0.1, 0.15) is 43.1 Å². The number of aryl methyl sites for hydroxylation is 1. The lowest BCUT2D eigenvalue weighted by Crippen LogP contribution is -2.44. The number of rotatable bonds is 9. The van der Waals surface area contributed by atoms with E-state index in [1.807, 2.05) is 72.8 Å². The molecule has 0 aliphatic heterocycles. The van der Waals surface area contributed by atoms with Crippen LogP contribution in [0.2, 0.25) is 0 Å². The van der Waals surface area contributed by atoms with Crippen LogP contribution in [0.4, 0.5) is 5.69 Å². The molecule has 0 aliphatic carbocycles. The molecule has 0 heterocycles. The summed E-state index contributed by atoms with van der Waals surface area (Å²) in [6.45, 7) is 6.36. The minimum absolute atomic E-state index is 0.0401. The molecule has 3 N–H and O–H groups in total. The van der Waals surface area contributed by atoms with Crippen molar-refractivity contribution < 1.29 is 9.59 Å². The molecular weight excluding hydrogens is 478 g/mol. The standard InChI is InChI=1S/C31H33N3O2S/c1-31(2,3)34-37-28-19-11-16-24-25(28)17-10-18-26(24)32-30(36)27(21-20-22-12-6-4-7-13-22)33-29(35)23-14-8-5-9-15-23/h4-19,27,34H,20-21H2,1-3H3,(H,32,36)(H,33,35)/t27-/m0/s1. The van der Waals surface area contributed by atoms with Crippen molar-refractivity contribution in [3.8, 4) is 0 Å². The fraction of sp³-hybridized carbons (Fsp3) is 0.226. The second kappa shape index (κ2) is 12.1.